The topological polar surface area (TPSA) is 79.6 Å². The summed E-state index contributed by atoms with van der Waals surface area (Å²) >= 11 is 3.13. The van der Waals surface area contributed by atoms with Crippen molar-refractivity contribution in [2.24, 2.45) is 0 Å². The van der Waals surface area contributed by atoms with Gasteiger partial charge < -0.3 is 11.1 Å². The minimum absolute atomic E-state index is 0.184. The highest BCUT2D eigenvalue weighted by Crippen LogP contribution is 2.17. The van der Waals surface area contributed by atoms with E-state index in [9.17, 15) is 4.39 Å². The average molecular weight is 286 g/mol. The van der Waals surface area contributed by atoms with Crippen molar-refractivity contribution >= 4 is 27.6 Å². The highest BCUT2D eigenvalue weighted by atomic mass is 79.9. The summed E-state index contributed by atoms with van der Waals surface area (Å²) < 4.78 is 14.0. The third kappa shape index (κ3) is 2.30. The second-order valence-corrected chi connectivity index (χ2v) is 4.06. The van der Waals surface area contributed by atoms with Crippen LogP contribution in [-0.4, -0.2) is 15.2 Å². The van der Waals surface area contributed by atoms with E-state index in [1.165, 1.54) is 12.3 Å². The molecular formula is C9H9BrFN5. The van der Waals surface area contributed by atoms with Gasteiger partial charge in [-0.2, -0.15) is 5.10 Å². The molecule has 2 aromatic heterocycles. The molecule has 4 N–H and O–H groups in total. The molecule has 0 saturated heterocycles. The van der Waals surface area contributed by atoms with E-state index in [4.69, 9.17) is 5.73 Å². The van der Waals surface area contributed by atoms with Gasteiger partial charge in [0.1, 0.15) is 5.82 Å². The van der Waals surface area contributed by atoms with Crippen molar-refractivity contribution in [1.82, 2.24) is 15.2 Å². The Morgan fingerprint density at radius 1 is 1.50 bits per heavy atom. The molecule has 0 aliphatic rings. The second-order valence-electron chi connectivity index (χ2n) is 3.15. The molecule has 0 bridgehead atoms. The van der Waals surface area contributed by atoms with Gasteiger partial charge in [0, 0.05) is 22.8 Å². The number of halogens is 2. The van der Waals surface area contributed by atoms with Crippen LogP contribution >= 0.6 is 15.9 Å². The van der Waals surface area contributed by atoms with Gasteiger partial charge in [-0.1, -0.05) is 0 Å². The zero-order valence-corrected chi connectivity index (χ0v) is 9.75. The fraction of sp³-hybridized carbons (Fsp3) is 0.111. The van der Waals surface area contributed by atoms with Gasteiger partial charge in [0.15, 0.2) is 11.6 Å². The van der Waals surface area contributed by atoms with E-state index >= 15 is 0 Å². The predicted molar refractivity (Wildman–Crippen MR) is 62.2 cm³/mol. The summed E-state index contributed by atoms with van der Waals surface area (Å²) in [5.41, 5.74) is 6.35. The summed E-state index contributed by atoms with van der Waals surface area (Å²) in [6.45, 7) is 0.369. The van der Waals surface area contributed by atoms with E-state index in [0.29, 0.717) is 16.8 Å². The zero-order chi connectivity index (χ0) is 11.5. The van der Waals surface area contributed by atoms with Crippen molar-refractivity contribution in [3.05, 3.63) is 34.3 Å². The van der Waals surface area contributed by atoms with E-state index in [0.717, 1.165) is 5.56 Å². The van der Waals surface area contributed by atoms with Crippen LogP contribution in [0.15, 0.2) is 22.9 Å². The van der Waals surface area contributed by atoms with E-state index < -0.39 is 5.82 Å². The summed E-state index contributed by atoms with van der Waals surface area (Å²) in [7, 11) is 0. The van der Waals surface area contributed by atoms with Gasteiger partial charge in [-0.3, -0.25) is 5.10 Å². The molecule has 0 aliphatic carbocycles. The fourth-order valence-corrected chi connectivity index (χ4v) is 1.49. The van der Waals surface area contributed by atoms with Crippen LogP contribution in [0.5, 0.6) is 0 Å². The van der Waals surface area contributed by atoms with Crippen molar-refractivity contribution in [1.29, 1.82) is 0 Å². The van der Waals surface area contributed by atoms with E-state index in [-0.39, 0.29) is 5.82 Å². The molecule has 0 unspecified atom stereocenters. The maximum absolute atomic E-state index is 13.4. The lowest BCUT2D eigenvalue weighted by molar-refractivity contribution is 0.623. The molecule has 84 valence electrons. The summed E-state index contributed by atoms with van der Waals surface area (Å²) in [4.78, 5) is 3.90. The first-order valence-electron chi connectivity index (χ1n) is 4.49. The molecule has 0 aliphatic heterocycles. The maximum atomic E-state index is 13.4. The number of nitrogens with two attached hydrogens (primary N) is 1. The molecule has 16 heavy (non-hydrogen) atoms. The Labute approximate surface area is 99.4 Å². The molecule has 2 aromatic rings. The number of aromatic amines is 1. The van der Waals surface area contributed by atoms with Crippen LogP contribution in [-0.2, 0) is 6.54 Å². The van der Waals surface area contributed by atoms with Crippen LogP contribution < -0.4 is 11.1 Å². The van der Waals surface area contributed by atoms with E-state index in [2.05, 4.69) is 36.4 Å². The largest absolute Gasteiger partial charge is 0.384 e. The molecule has 7 heteroatoms. The number of nitrogens with one attached hydrogen (secondary N) is 2. The Balaban J connectivity index is 2.08. The number of anilines is 2. The van der Waals surface area contributed by atoms with Crippen molar-refractivity contribution in [3.8, 4) is 0 Å². The number of hydrogen-bond acceptors (Lipinski definition) is 4. The standard InChI is InChI=1S/C9H9BrFN5/c10-6-1-7(11)9(14-4-6)13-2-5-3-15-16-8(5)12/h1,3-4H,2H2,(H,13,14)(H3,12,15,16). The lowest BCUT2D eigenvalue weighted by Crippen LogP contribution is -2.04. The maximum Gasteiger partial charge on any atom is 0.166 e. The Morgan fingerprint density at radius 3 is 2.94 bits per heavy atom. The van der Waals surface area contributed by atoms with Gasteiger partial charge >= 0.3 is 0 Å². The molecular weight excluding hydrogens is 277 g/mol. The Morgan fingerprint density at radius 2 is 2.31 bits per heavy atom. The van der Waals surface area contributed by atoms with Crippen LogP contribution in [0.25, 0.3) is 0 Å². The first kappa shape index (κ1) is 10.9. The smallest absolute Gasteiger partial charge is 0.166 e. The molecule has 2 rings (SSSR count). The van der Waals surface area contributed by atoms with Gasteiger partial charge in [0.25, 0.3) is 0 Å². The zero-order valence-electron chi connectivity index (χ0n) is 8.17. The summed E-state index contributed by atoms with van der Waals surface area (Å²) in [6, 6.07) is 1.34. The summed E-state index contributed by atoms with van der Waals surface area (Å²) in [5, 5.41) is 9.19. The molecule has 0 radical (unpaired) electrons. The molecule has 0 fully saturated rings. The highest BCUT2D eigenvalue weighted by molar-refractivity contribution is 9.10. The Bertz CT molecular complexity index is 498. The van der Waals surface area contributed by atoms with Crippen LogP contribution in [0, 0.1) is 5.82 Å². The number of nitrogens with zero attached hydrogens (tertiary/aromatic N) is 2. The minimum Gasteiger partial charge on any atom is -0.384 e. The third-order valence-corrected chi connectivity index (χ3v) is 2.44. The molecule has 0 spiro atoms. The molecule has 0 amide bonds. The molecule has 0 aromatic carbocycles. The molecule has 0 atom stereocenters. The summed E-state index contributed by atoms with van der Waals surface area (Å²) in [6.07, 6.45) is 3.10. The first-order chi connectivity index (χ1) is 7.66. The molecule has 5 nitrogen and oxygen atoms in total. The van der Waals surface area contributed by atoms with Gasteiger partial charge in [0.05, 0.1) is 6.20 Å². The first-order valence-corrected chi connectivity index (χ1v) is 5.29. The Hall–Kier alpha value is -1.63. The van der Waals surface area contributed by atoms with Crippen molar-refractivity contribution in [2.45, 2.75) is 6.54 Å². The lowest BCUT2D eigenvalue weighted by Gasteiger charge is -2.05. The van der Waals surface area contributed by atoms with Crippen LogP contribution in [0.4, 0.5) is 16.0 Å². The van der Waals surface area contributed by atoms with E-state index in [1.54, 1.807) is 6.20 Å². The summed E-state index contributed by atoms with van der Waals surface area (Å²) in [5.74, 6) is 0.227. The SMILES string of the molecule is Nc1[nH]ncc1CNc1ncc(Br)cc1F. The fourth-order valence-electron chi connectivity index (χ4n) is 1.19. The van der Waals surface area contributed by atoms with Crippen LogP contribution in [0.1, 0.15) is 5.56 Å². The number of pyridine rings is 1. The number of nitrogen functional groups attached to an aromatic ring is 1. The number of H-pyrrole nitrogens is 1. The van der Waals surface area contributed by atoms with Crippen molar-refractivity contribution in [2.75, 3.05) is 11.1 Å². The molecule has 0 saturated carbocycles. The van der Waals surface area contributed by atoms with Gasteiger partial charge in [0.2, 0.25) is 0 Å². The average Bonchev–Trinajstić information content (AvgIpc) is 2.63. The van der Waals surface area contributed by atoms with Crippen molar-refractivity contribution in [3.63, 3.8) is 0 Å². The normalized spacial score (nSPS) is 10.4. The third-order valence-electron chi connectivity index (χ3n) is 2.01. The second kappa shape index (κ2) is 4.48. The van der Waals surface area contributed by atoms with Gasteiger partial charge in [-0.25, -0.2) is 9.37 Å². The van der Waals surface area contributed by atoms with Crippen LogP contribution in [0.2, 0.25) is 0 Å². The van der Waals surface area contributed by atoms with Crippen molar-refractivity contribution < 1.29 is 4.39 Å². The monoisotopic (exact) mass is 285 g/mol. The van der Waals surface area contributed by atoms with Crippen LogP contribution in [0.3, 0.4) is 0 Å². The Kier molecular flexibility index (Phi) is 3.04. The lowest BCUT2D eigenvalue weighted by atomic mass is 10.3. The minimum atomic E-state index is -0.420. The predicted octanol–water partition coefficient (Wildman–Crippen LogP) is 1.90. The molecule has 2 heterocycles. The number of aromatic nitrogens is 3. The highest BCUT2D eigenvalue weighted by Gasteiger charge is 2.06. The van der Waals surface area contributed by atoms with Gasteiger partial charge in [-0.15, -0.1) is 0 Å². The quantitative estimate of drug-likeness (QED) is 0.805. The van der Waals surface area contributed by atoms with Gasteiger partial charge in [-0.05, 0) is 22.0 Å². The van der Waals surface area contributed by atoms with E-state index in [1.807, 2.05) is 0 Å². The number of rotatable bonds is 3. The number of hydrogen-bond donors (Lipinski definition) is 3.